The van der Waals surface area contributed by atoms with Crippen molar-refractivity contribution in [1.29, 1.82) is 0 Å². The van der Waals surface area contributed by atoms with Gasteiger partial charge in [-0.25, -0.2) is 0 Å². The van der Waals surface area contributed by atoms with E-state index in [9.17, 15) is 0 Å². The second-order valence-electron chi connectivity index (χ2n) is 3.24. The van der Waals surface area contributed by atoms with Gasteiger partial charge in [0.2, 0.25) is 0 Å². The number of furan rings is 1. The Kier molecular flexibility index (Phi) is 3.14. The molecule has 15 heavy (non-hydrogen) atoms. The molecule has 0 bridgehead atoms. The molecule has 2 rings (SSSR count). The topological polar surface area (TPSA) is 39.2 Å². The number of hydrogen-bond donors (Lipinski definition) is 1. The highest BCUT2D eigenvalue weighted by atomic mass is 79.9. The van der Waals surface area contributed by atoms with Crippen LogP contribution in [0, 0.1) is 0 Å². The molecule has 0 fully saturated rings. The van der Waals surface area contributed by atoms with Crippen molar-refractivity contribution in [3.05, 3.63) is 57.4 Å². The Labute approximate surface area is 101 Å². The van der Waals surface area contributed by atoms with Crippen molar-refractivity contribution in [3.63, 3.8) is 0 Å². The van der Waals surface area contributed by atoms with Gasteiger partial charge in [-0.05, 0) is 29.8 Å². The zero-order chi connectivity index (χ0) is 10.8. The SMILES string of the molecule is NC(c1ccoc1)c1cc(Cl)cc(Br)c1. The maximum Gasteiger partial charge on any atom is 0.0953 e. The quantitative estimate of drug-likeness (QED) is 0.913. The lowest BCUT2D eigenvalue weighted by Crippen LogP contribution is -2.10. The van der Waals surface area contributed by atoms with Crippen molar-refractivity contribution in [2.45, 2.75) is 6.04 Å². The minimum atomic E-state index is -0.209. The van der Waals surface area contributed by atoms with E-state index < -0.39 is 0 Å². The van der Waals surface area contributed by atoms with E-state index >= 15 is 0 Å². The molecule has 0 aliphatic rings. The molecule has 1 aromatic carbocycles. The molecule has 1 aromatic heterocycles. The van der Waals surface area contributed by atoms with Gasteiger partial charge in [-0.2, -0.15) is 0 Å². The van der Waals surface area contributed by atoms with Crippen molar-refractivity contribution >= 4 is 27.5 Å². The van der Waals surface area contributed by atoms with Crippen LogP contribution in [0.5, 0.6) is 0 Å². The van der Waals surface area contributed by atoms with Crippen LogP contribution in [-0.4, -0.2) is 0 Å². The number of nitrogens with two attached hydrogens (primary N) is 1. The molecule has 0 aliphatic carbocycles. The van der Waals surface area contributed by atoms with Crippen LogP contribution in [0.25, 0.3) is 0 Å². The third kappa shape index (κ3) is 2.43. The van der Waals surface area contributed by atoms with Crippen LogP contribution < -0.4 is 5.73 Å². The lowest BCUT2D eigenvalue weighted by atomic mass is 10.0. The van der Waals surface area contributed by atoms with Gasteiger partial charge in [-0.15, -0.1) is 0 Å². The monoisotopic (exact) mass is 285 g/mol. The van der Waals surface area contributed by atoms with Gasteiger partial charge in [0.05, 0.1) is 18.6 Å². The smallest absolute Gasteiger partial charge is 0.0953 e. The minimum Gasteiger partial charge on any atom is -0.472 e. The highest BCUT2D eigenvalue weighted by Crippen LogP contribution is 2.26. The van der Waals surface area contributed by atoms with E-state index in [-0.39, 0.29) is 6.04 Å². The molecule has 4 heteroatoms. The summed E-state index contributed by atoms with van der Waals surface area (Å²) in [6, 6.07) is 7.26. The lowest BCUT2D eigenvalue weighted by Gasteiger charge is -2.10. The zero-order valence-electron chi connectivity index (χ0n) is 7.78. The standard InChI is InChI=1S/C11H9BrClNO/c12-9-3-8(4-10(13)5-9)11(14)7-1-2-15-6-7/h1-6,11H,14H2. The fraction of sp³-hybridized carbons (Fsp3) is 0.0909. The van der Waals surface area contributed by atoms with Crippen molar-refractivity contribution in [2.75, 3.05) is 0 Å². The maximum atomic E-state index is 6.06. The van der Waals surface area contributed by atoms with Crippen LogP contribution in [-0.2, 0) is 0 Å². The van der Waals surface area contributed by atoms with Crippen LogP contribution in [0.3, 0.4) is 0 Å². The van der Waals surface area contributed by atoms with E-state index in [1.165, 1.54) is 0 Å². The third-order valence-electron chi connectivity index (χ3n) is 2.15. The second kappa shape index (κ2) is 4.39. The highest BCUT2D eigenvalue weighted by Gasteiger charge is 2.11. The minimum absolute atomic E-state index is 0.209. The summed E-state index contributed by atoms with van der Waals surface area (Å²) in [5.41, 5.74) is 7.95. The molecule has 0 saturated carbocycles. The zero-order valence-corrected chi connectivity index (χ0v) is 10.1. The van der Waals surface area contributed by atoms with Gasteiger partial charge in [-0.1, -0.05) is 27.5 Å². The lowest BCUT2D eigenvalue weighted by molar-refractivity contribution is 0.562. The molecule has 1 atom stereocenters. The summed E-state index contributed by atoms with van der Waals surface area (Å²) in [7, 11) is 0. The Morgan fingerprint density at radius 1 is 1.27 bits per heavy atom. The molecule has 1 unspecified atom stereocenters. The fourth-order valence-corrected chi connectivity index (χ4v) is 2.29. The van der Waals surface area contributed by atoms with Crippen molar-refractivity contribution in [3.8, 4) is 0 Å². The van der Waals surface area contributed by atoms with Gasteiger partial charge < -0.3 is 10.2 Å². The van der Waals surface area contributed by atoms with Crippen LogP contribution in [0.2, 0.25) is 5.02 Å². The number of hydrogen-bond acceptors (Lipinski definition) is 2. The van der Waals surface area contributed by atoms with Crippen molar-refractivity contribution in [2.24, 2.45) is 5.73 Å². The molecule has 2 N–H and O–H groups in total. The van der Waals surface area contributed by atoms with E-state index in [0.717, 1.165) is 15.6 Å². The Bertz CT molecular complexity index is 435. The average molecular weight is 287 g/mol. The van der Waals surface area contributed by atoms with Crippen LogP contribution >= 0.6 is 27.5 Å². The Balaban J connectivity index is 2.37. The molecule has 1 heterocycles. The predicted octanol–water partition coefficient (Wildman–Crippen LogP) is 3.74. The summed E-state index contributed by atoms with van der Waals surface area (Å²) >= 11 is 9.33. The van der Waals surface area contributed by atoms with E-state index in [1.54, 1.807) is 12.5 Å². The Morgan fingerprint density at radius 3 is 2.67 bits per heavy atom. The second-order valence-corrected chi connectivity index (χ2v) is 4.59. The first kappa shape index (κ1) is 10.7. The summed E-state index contributed by atoms with van der Waals surface area (Å²) in [5, 5.41) is 0.665. The average Bonchev–Trinajstić information content (AvgIpc) is 2.67. The first-order chi connectivity index (χ1) is 7.16. The summed E-state index contributed by atoms with van der Waals surface area (Å²) in [5.74, 6) is 0. The van der Waals surface area contributed by atoms with Gasteiger partial charge >= 0.3 is 0 Å². The first-order valence-electron chi connectivity index (χ1n) is 4.40. The first-order valence-corrected chi connectivity index (χ1v) is 5.57. The predicted molar refractivity (Wildman–Crippen MR) is 63.9 cm³/mol. The summed E-state index contributed by atoms with van der Waals surface area (Å²) in [6.07, 6.45) is 3.24. The molecule has 2 aromatic rings. The summed E-state index contributed by atoms with van der Waals surface area (Å²) in [6.45, 7) is 0. The number of rotatable bonds is 2. The molecule has 0 radical (unpaired) electrons. The van der Waals surface area contributed by atoms with E-state index in [4.69, 9.17) is 21.8 Å². The van der Waals surface area contributed by atoms with Crippen LogP contribution in [0.4, 0.5) is 0 Å². The Hall–Kier alpha value is -0.770. The summed E-state index contributed by atoms with van der Waals surface area (Å²) in [4.78, 5) is 0. The van der Waals surface area contributed by atoms with Gasteiger partial charge in [0.25, 0.3) is 0 Å². The third-order valence-corrected chi connectivity index (χ3v) is 2.82. The van der Waals surface area contributed by atoms with Crippen molar-refractivity contribution < 1.29 is 4.42 Å². The molecule has 0 spiro atoms. The van der Waals surface area contributed by atoms with E-state index in [0.29, 0.717) is 5.02 Å². The summed E-state index contributed by atoms with van der Waals surface area (Å²) < 4.78 is 5.91. The molecule has 78 valence electrons. The van der Waals surface area contributed by atoms with Crippen molar-refractivity contribution in [1.82, 2.24) is 0 Å². The Morgan fingerprint density at radius 2 is 2.07 bits per heavy atom. The van der Waals surface area contributed by atoms with Gasteiger partial charge in [0.15, 0.2) is 0 Å². The number of halogens is 2. The maximum absolute atomic E-state index is 6.06. The highest BCUT2D eigenvalue weighted by molar-refractivity contribution is 9.10. The molecule has 0 amide bonds. The molecular weight excluding hydrogens is 277 g/mol. The van der Waals surface area contributed by atoms with Gasteiger partial charge in [0.1, 0.15) is 0 Å². The largest absolute Gasteiger partial charge is 0.472 e. The fourth-order valence-electron chi connectivity index (χ4n) is 1.40. The van der Waals surface area contributed by atoms with Gasteiger partial charge in [0, 0.05) is 15.1 Å². The molecule has 0 aliphatic heterocycles. The van der Waals surface area contributed by atoms with Crippen LogP contribution in [0.15, 0.2) is 45.7 Å². The molecule has 0 saturated heterocycles. The van der Waals surface area contributed by atoms with E-state index in [2.05, 4.69) is 15.9 Å². The number of benzene rings is 1. The molecular formula is C11H9BrClNO. The van der Waals surface area contributed by atoms with Crippen LogP contribution in [0.1, 0.15) is 17.2 Å². The van der Waals surface area contributed by atoms with E-state index in [1.807, 2.05) is 24.3 Å². The molecule has 2 nitrogen and oxygen atoms in total. The normalized spacial score (nSPS) is 12.7. The van der Waals surface area contributed by atoms with Gasteiger partial charge in [-0.3, -0.25) is 0 Å².